The molecule has 2 aliphatic rings. The Morgan fingerprint density at radius 3 is 3.05 bits per heavy atom. The monoisotopic (exact) mass is 297 g/mol. The van der Waals surface area contributed by atoms with Crippen LogP contribution >= 0.6 is 11.6 Å². The zero-order valence-electron chi connectivity index (χ0n) is 10.9. The van der Waals surface area contributed by atoms with Crippen LogP contribution in [0, 0.1) is 16.0 Å². The molecule has 0 amide bonds. The van der Waals surface area contributed by atoms with E-state index in [0.29, 0.717) is 22.9 Å². The highest BCUT2D eigenvalue weighted by molar-refractivity contribution is 6.33. The summed E-state index contributed by atoms with van der Waals surface area (Å²) in [5.74, 6) is 1.01. The molecule has 1 N–H and O–H groups in total. The molecule has 20 heavy (non-hydrogen) atoms. The first-order valence-corrected chi connectivity index (χ1v) is 7.21. The van der Waals surface area contributed by atoms with Crippen LogP contribution in [-0.4, -0.2) is 28.7 Å². The summed E-state index contributed by atoms with van der Waals surface area (Å²) in [7, 11) is 0. The summed E-state index contributed by atoms with van der Waals surface area (Å²) in [4.78, 5) is 14.3. The summed E-state index contributed by atoms with van der Waals surface area (Å²) >= 11 is 6.07. The second kappa shape index (κ2) is 5.54. The molecule has 0 aromatic carbocycles. The number of fused-ring (bicyclic) bond motifs is 1. The minimum atomic E-state index is -0.496. The average molecular weight is 298 g/mol. The summed E-state index contributed by atoms with van der Waals surface area (Å²) in [6.45, 7) is 0.814. The van der Waals surface area contributed by atoms with Crippen molar-refractivity contribution < 1.29 is 9.66 Å². The quantitative estimate of drug-likeness (QED) is 0.685. The standard InChI is InChI=1S/C13H16ClN3O3/c14-10-6-8(17(18)19)7-15-13(10)16-11-2-1-3-12-9(11)4-5-20-12/h6-7,9,11-12H,1-5H2,(H,15,16). The Bertz CT molecular complexity index is 526. The number of nitro groups is 1. The van der Waals surface area contributed by atoms with Gasteiger partial charge in [0.1, 0.15) is 12.0 Å². The van der Waals surface area contributed by atoms with E-state index < -0.39 is 4.92 Å². The number of aromatic nitrogens is 1. The van der Waals surface area contributed by atoms with Gasteiger partial charge < -0.3 is 10.1 Å². The first kappa shape index (κ1) is 13.6. The lowest BCUT2D eigenvalue weighted by Crippen LogP contribution is -2.38. The number of ether oxygens (including phenoxy) is 1. The molecule has 0 bridgehead atoms. The minimum Gasteiger partial charge on any atom is -0.378 e. The van der Waals surface area contributed by atoms with Gasteiger partial charge in [0.15, 0.2) is 0 Å². The van der Waals surface area contributed by atoms with Crippen molar-refractivity contribution in [1.82, 2.24) is 4.98 Å². The van der Waals surface area contributed by atoms with Crippen molar-refractivity contribution in [2.45, 2.75) is 37.8 Å². The van der Waals surface area contributed by atoms with Crippen LogP contribution in [0.3, 0.4) is 0 Å². The van der Waals surface area contributed by atoms with Crippen molar-refractivity contribution in [3.63, 3.8) is 0 Å². The summed E-state index contributed by atoms with van der Waals surface area (Å²) < 4.78 is 5.72. The van der Waals surface area contributed by atoms with Gasteiger partial charge in [-0.15, -0.1) is 0 Å². The van der Waals surface area contributed by atoms with Crippen molar-refractivity contribution in [2.24, 2.45) is 5.92 Å². The van der Waals surface area contributed by atoms with Crippen LogP contribution in [0.2, 0.25) is 5.02 Å². The van der Waals surface area contributed by atoms with E-state index in [9.17, 15) is 10.1 Å². The summed E-state index contributed by atoms with van der Waals surface area (Å²) in [5, 5.41) is 14.3. The SMILES string of the molecule is O=[N+]([O-])c1cnc(NC2CCCC3OCCC23)c(Cl)c1. The molecular weight excluding hydrogens is 282 g/mol. The molecule has 3 unspecified atom stereocenters. The fourth-order valence-electron chi connectivity index (χ4n) is 3.16. The van der Waals surface area contributed by atoms with E-state index in [1.54, 1.807) is 0 Å². The minimum absolute atomic E-state index is 0.0914. The number of nitrogens with one attached hydrogen (secondary N) is 1. The molecule has 1 saturated carbocycles. The van der Waals surface area contributed by atoms with Gasteiger partial charge in [0.05, 0.1) is 16.0 Å². The third-order valence-corrected chi connectivity index (χ3v) is 4.43. The third kappa shape index (κ3) is 2.58. The van der Waals surface area contributed by atoms with Gasteiger partial charge in [-0.05, 0) is 25.7 Å². The highest BCUT2D eigenvalue weighted by Gasteiger charge is 2.37. The maximum absolute atomic E-state index is 10.7. The van der Waals surface area contributed by atoms with Crippen molar-refractivity contribution in [3.8, 4) is 0 Å². The van der Waals surface area contributed by atoms with Gasteiger partial charge >= 0.3 is 0 Å². The highest BCUT2D eigenvalue weighted by atomic mass is 35.5. The van der Waals surface area contributed by atoms with Crippen LogP contribution in [0.4, 0.5) is 11.5 Å². The van der Waals surface area contributed by atoms with Gasteiger partial charge in [0, 0.05) is 24.6 Å². The molecule has 1 saturated heterocycles. The van der Waals surface area contributed by atoms with Gasteiger partial charge in [-0.25, -0.2) is 4.98 Å². The molecule has 108 valence electrons. The molecule has 1 aliphatic carbocycles. The number of hydrogen-bond acceptors (Lipinski definition) is 5. The number of halogens is 1. The Balaban J connectivity index is 1.75. The van der Waals surface area contributed by atoms with Crippen molar-refractivity contribution in [2.75, 3.05) is 11.9 Å². The van der Waals surface area contributed by atoms with Crippen LogP contribution in [0.15, 0.2) is 12.3 Å². The average Bonchev–Trinajstić information content (AvgIpc) is 2.90. The first-order chi connectivity index (χ1) is 9.65. The number of pyridine rings is 1. The Morgan fingerprint density at radius 1 is 1.45 bits per heavy atom. The van der Waals surface area contributed by atoms with Crippen molar-refractivity contribution in [3.05, 3.63) is 27.4 Å². The maximum atomic E-state index is 10.7. The van der Waals surface area contributed by atoms with E-state index in [0.717, 1.165) is 32.3 Å². The van der Waals surface area contributed by atoms with E-state index in [2.05, 4.69) is 10.3 Å². The molecule has 6 nitrogen and oxygen atoms in total. The smallest absolute Gasteiger partial charge is 0.289 e. The lowest BCUT2D eigenvalue weighted by Gasteiger charge is -2.33. The summed E-state index contributed by atoms with van der Waals surface area (Å²) in [6, 6.07) is 1.62. The van der Waals surface area contributed by atoms with Gasteiger partial charge in [-0.2, -0.15) is 0 Å². The van der Waals surface area contributed by atoms with Gasteiger partial charge in [0.2, 0.25) is 0 Å². The van der Waals surface area contributed by atoms with Crippen LogP contribution in [0.25, 0.3) is 0 Å². The second-order valence-electron chi connectivity index (χ2n) is 5.32. The van der Waals surface area contributed by atoms with Crippen LogP contribution < -0.4 is 5.32 Å². The molecule has 0 radical (unpaired) electrons. The van der Waals surface area contributed by atoms with Crippen molar-refractivity contribution in [1.29, 1.82) is 0 Å². The van der Waals surface area contributed by atoms with E-state index in [1.165, 1.54) is 12.3 Å². The van der Waals surface area contributed by atoms with Gasteiger partial charge in [-0.3, -0.25) is 10.1 Å². The zero-order chi connectivity index (χ0) is 14.1. The number of anilines is 1. The molecule has 0 spiro atoms. The Morgan fingerprint density at radius 2 is 2.30 bits per heavy atom. The van der Waals surface area contributed by atoms with Gasteiger partial charge in [-0.1, -0.05) is 11.6 Å². The molecule has 3 rings (SSSR count). The summed E-state index contributed by atoms with van der Waals surface area (Å²) in [6.07, 6.45) is 5.90. The first-order valence-electron chi connectivity index (χ1n) is 6.83. The Hall–Kier alpha value is -1.40. The molecular formula is C13H16ClN3O3. The molecule has 7 heteroatoms. The molecule has 1 aliphatic heterocycles. The Labute approximate surface area is 121 Å². The predicted molar refractivity (Wildman–Crippen MR) is 75.0 cm³/mol. The number of hydrogen-bond donors (Lipinski definition) is 1. The molecule has 2 fully saturated rings. The van der Waals surface area contributed by atoms with Crippen molar-refractivity contribution >= 4 is 23.1 Å². The largest absolute Gasteiger partial charge is 0.378 e. The van der Waals surface area contributed by atoms with E-state index >= 15 is 0 Å². The predicted octanol–water partition coefficient (Wildman–Crippen LogP) is 3.01. The fraction of sp³-hybridized carbons (Fsp3) is 0.615. The normalized spacial score (nSPS) is 28.9. The lowest BCUT2D eigenvalue weighted by molar-refractivity contribution is -0.385. The van der Waals surface area contributed by atoms with Crippen LogP contribution in [0.1, 0.15) is 25.7 Å². The molecule has 2 heterocycles. The number of nitrogens with zero attached hydrogens (tertiary/aromatic N) is 2. The fourth-order valence-corrected chi connectivity index (χ4v) is 3.38. The highest BCUT2D eigenvalue weighted by Crippen LogP contribution is 2.36. The topological polar surface area (TPSA) is 77.3 Å². The maximum Gasteiger partial charge on any atom is 0.289 e. The van der Waals surface area contributed by atoms with Crippen LogP contribution in [0.5, 0.6) is 0 Å². The van der Waals surface area contributed by atoms with E-state index in [1.807, 2.05) is 0 Å². The molecule has 1 aromatic rings. The van der Waals surface area contributed by atoms with E-state index in [-0.39, 0.29) is 11.7 Å². The lowest BCUT2D eigenvalue weighted by atomic mass is 9.82. The van der Waals surface area contributed by atoms with Gasteiger partial charge in [0.25, 0.3) is 5.69 Å². The van der Waals surface area contributed by atoms with E-state index in [4.69, 9.17) is 16.3 Å². The Kier molecular flexibility index (Phi) is 3.76. The molecule has 1 aromatic heterocycles. The van der Waals surface area contributed by atoms with Crippen LogP contribution in [-0.2, 0) is 4.74 Å². The second-order valence-corrected chi connectivity index (χ2v) is 5.73. The third-order valence-electron chi connectivity index (χ3n) is 4.14. The molecule has 3 atom stereocenters. The zero-order valence-corrected chi connectivity index (χ0v) is 11.7. The number of rotatable bonds is 3. The summed E-state index contributed by atoms with van der Waals surface area (Å²) in [5.41, 5.74) is -0.0914.